The Bertz CT molecular complexity index is 936. The van der Waals surface area contributed by atoms with Crippen molar-refractivity contribution in [2.75, 3.05) is 0 Å². The molecule has 118 valence electrons. The third kappa shape index (κ3) is 2.41. The molecule has 0 spiro atoms. The standard InChI is InChI=1S/C19H20N2OS/c1-12(2)21-11-20-18-17(19(21)22)16(10-23-18)15-8-7-13-5-3-4-6-14(13)9-15/h7-12H,3-6H2,1-2H3. The minimum Gasteiger partial charge on any atom is -0.296 e. The van der Waals surface area contributed by atoms with Crippen LogP contribution in [0.15, 0.2) is 34.7 Å². The van der Waals surface area contributed by atoms with Crippen molar-refractivity contribution in [3.63, 3.8) is 0 Å². The Balaban J connectivity index is 1.92. The Labute approximate surface area is 139 Å². The normalized spacial score (nSPS) is 14.4. The molecule has 1 aromatic carbocycles. The maximum atomic E-state index is 12.8. The first-order valence-corrected chi connectivity index (χ1v) is 9.13. The fraction of sp³-hybridized carbons (Fsp3) is 0.368. The summed E-state index contributed by atoms with van der Waals surface area (Å²) in [5, 5.41) is 2.84. The summed E-state index contributed by atoms with van der Waals surface area (Å²) in [5.74, 6) is 0. The van der Waals surface area contributed by atoms with Gasteiger partial charge in [0.15, 0.2) is 0 Å². The van der Waals surface area contributed by atoms with E-state index in [4.69, 9.17) is 0 Å². The zero-order chi connectivity index (χ0) is 16.0. The molecule has 0 atom stereocenters. The molecule has 0 saturated carbocycles. The molecule has 0 bridgehead atoms. The predicted molar refractivity (Wildman–Crippen MR) is 96.3 cm³/mol. The molecule has 0 unspecified atom stereocenters. The van der Waals surface area contributed by atoms with Crippen LogP contribution in [0.1, 0.15) is 43.9 Å². The van der Waals surface area contributed by atoms with Crippen LogP contribution in [-0.4, -0.2) is 9.55 Å². The molecule has 1 aliphatic carbocycles. The van der Waals surface area contributed by atoms with Crippen LogP contribution in [0.25, 0.3) is 21.3 Å². The summed E-state index contributed by atoms with van der Waals surface area (Å²) in [4.78, 5) is 18.2. The fourth-order valence-corrected chi connectivity index (χ4v) is 4.33. The monoisotopic (exact) mass is 324 g/mol. The lowest BCUT2D eigenvalue weighted by Gasteiger charge is -2.16. The van der Waals surface area contributed by atoms with E-state index in [2.05, 4.69) is 28.6 Å². The number of aromatic nitrogens is 2. The first-order valence-electron chi connectivity index (χ1n) is 8.25. The van der Waals surface area contributed by atoms with Gasteiger partial charge in [0.25, 0.3) is 5.56 Å². The fourth-order valence-electron chi connectivity index (χ4n) is 3.43. The van der Waals surface area contributed by atoms with E-state index < -0.39 is 0 Å². The lowest BCUT2D eigenvalue weighted by Crippen LogP contribution is -2.21. The summed E-state index contributed by atoms with van der Waals surface area (Å²) < 4.78 is 1.72. The van der Waals surface area contributed by atoms with E-state index in [1.54, 1.807) is 22.2 Å². The molecule has 0 N–H and O–H groups in total. The molecule has 2 aromatic heterocycles. The number of fused-ring (bicyclic) bond motifs is 2. The summed E-state index contributed by atoms with van der Waals surface area (Å²) in [6.45, 7) is 4.03. The average Bonchev–Trinajstić information content (AvgIpc) is 2.99. The molecule has 0 saturated heterocycles. The van der Waals surface area contributed by atoms with Crippen LogP contribution in [0.2, 0.25) is 0 Å². The zero-order valence-electron chi connectivity index (χ0n) is 13.5. The Morgan fingerprint density at radius 3 is 2.74 bits per heavy atom. The van der Waals surface area contributed by atoms with Gasteiger partial charge in [0, 0.05) is 17.0 Å². The Morgan fingerprint density at radius 1 is 1.17 bits per heavy atom. The highest BCUT2D eigenvalue weighted by Gasteiger charge is 2.16. The van der Waals surface area contributed by atoms with Crippen LogP contribution >= 0.6 is 11.3 Å². The van der Waals surface area contributed by atoms with Crippen molar-refractivity contribution in [1.29, 1.82) is 0 Å². The smallest absolute Gasteiger partial charge is 0.262 e. The van der Waals surface area contributed by atoms with Crippen molar-refractivity contribution in [3.05, 3.63) is 51.4 Å². The van der Waals surface area contributed by atoms with Gasteiger partial charge in [-0.05, 0) is 56.2 Å². The maximum Gasteiger partial charge on any atom is 0.262 e. The summed E-state index contributed by atoms with van der Waals surface area (Å²) >= 11 is 1.56. The van der Waals surface area contributed by atoms with Crippen molar-refractivity contribution in [1.82, 2.24) is 9.55 Å². The predicted octanol–water partition coefficient (Wildman–Crippen LogP) is 4.58. The first-order chi connectivity index (χ1) is 11.1. The van der Waals surface area contributed by atoms with Gasteiger partial charge < -0.3 is 0 Å². The molecule has 0 amide bonds. The number of hydrogen-bond acceptors (Lipinski definition) is 3. The molecule has 1 aliphatic rings. The van der Waals surface area contributed by atoms with Gasteiger partial charge in [-0.25, -0.2) is 4.98 Å². The van der Waals surface area contributed by atoms with Gasteiger partial charge in [-0.1, -0.05) is 18.2 Å². The van der Waals surface area contributed by atoms with Gasteiger partial charge >= 0.3 is 0 Å². The molecule has 0 fully saturated rings. The Morgan fingerprint density at radius 2 is 1.96 bits per heavy atom. The van der Waals surface area contributed by atoms with Crippen LogP contribution in [0.5, 0.6) is 0 Å². The van der Waals surface area contributed by atoms with Crippen LogP contribution in [0.4, 0.5) is 0 Å². The van der Waals surface area contributed by atoms with Crippen LogP contribution in [0.3, 0.4) is 0 Å². The average molecular weight is 324 g/mol. The molecule has 3 aromatic rings. The van der Waals surface area contributed by atoms with Crippen LogP contribution in [-0.2, 0) is 12.8 Å². The van der Waals surface area contributed by atoms with Crippen molar-refractivity contribution in [3.8, 4) is 11.1 Å². The highest BCUT2D eigenvalue weighted by molar-refractivity contribution is 7.17. The number of hydrogen-bond donors (Lipinski definition) is 0. The minimum absolute atomic E-state index is 0.0685. The summed E-state index contributed by atoms with van der Waals surface area (Å²) in [5.41, 5.74) is 5.17. The van der Waals surface area contributed by atoms with Gasteiger partial charge in [-0.15, -0.1) is 11.3 Å². The van der Waals surface area contributed by atoms with Crippen molar-refractivity contribution >= 4 is 21.6 Å². The quantitative estimate of drug-likeness (QED) is 0.691. The molecule has 0 radical (unpaired) electrons. The van der Waals surface area contributed by atoms with E-state index in [9.17, 15) is 4.79 Å². The topological polar surface area (TPSA) is 34.9 Å². The highest BCUT2D eigenvalue weighted by atomic mass is 32.1. The highest BCUT2D eigenvalue weighted by Crippen LogP contribution is 2.33. The van der Waals surface area contributed by atoms with Gasteiger partial charge in [-0.3, -0.25) is 9.36 Å². The third-order valence-corrected chi connectivity index (χ3v) is 5.62. The molecule has 4 heteroatoms. The molecular weight excluding hydrogens is 304 g/mol. The van der Waals surface area contributed by atoms with Crippen molar-refractivity contribution < 1.29 is 0 Å². The second-order valence-corrected chi connectivity index (χ2v) is 7.43. The van der Waals surface area contributed by atoms with E-state index >= 15 is 0 Å². The van der Waals surface area contributed by atoms with Crippen molar-refractivity contribution in [2.24, 2.45) is 0 Å². The lowest BCUT2D eigenvalue weighted by molar-refractivity contribution is 0.574. The second kappa shape index (κ2) is 5.60. The SMILES string of the molecule is CC(C)n1cnc2scc(-c3ccc4c(c3)CCCC4)c2c1=O. The lowest BCUT2D eigenvalue weighted by atomic mass is 9.89. The Hall–Kier alpha value is -1.94. The van der Waals surface area contributed by atoms with E-state index in [0.717, 1.165) is 27.8 Å². The first kappa shape index (κ1) is 14.6. The minimum atomic E-state index is 0.0685. The van der Waals surface area contributed by atoms with Crippen molar-refractivity contribution in [2.45, 2.75) is 45.6 Å². The summed E-state index contributed by atoms with van der Waals surface area (Å²) in [7, 11) is 0. The van der Waals surface area contributed by atoms with Gasteiger partial charge in [-0.2, -0.15) is 0 Å². The van der Waals surface area contributed by atoms with Gasteiger partial charge in [0.1, 0.15) is 4.83 Å². The van der Waals surface area contributed by atoms with Crippen LogP contribution < -0.4 is 5.56 Å². The second-order valence-electron chi connectivity index (χ2n) is 6.57. The van der Waals surface area contributed by atoms with Crippen LogP contribution in [0, 0.1) is 0 Å². The Kier molecular flexibility index (Phi) is 3.57. The van der Waals surface area contributed by atoms with Gasteiger partial charge in [0.05, 0.1) is 11.7 Å². The third-order valence-electron chi connectivity index (χ3n) is 4.74. The molecule has 3 nitrogen and oxygen atoms in total. The summed E-state index contributed by atoms with van der Waals surface area (Å²) in [6.07, 6.45) is 6.56. The van der Waals surface area contributed by atoms with Gasteiger partial charge in [0.2, 0.25) is 0 Å². The number of thiophene rings is 1. The molecular formula is C19H20N2OS. The van der Waals surface area contributed by atoms with E-state index in [0.29, 0.717) is 0 Å². The number of nitrogens with zero attached hydrogens (tertiary/aromatic N) is 2. The largest absolute Gasteiger partial charge is 0.296 e. The molecule has 23 heavy (non-hydrogen) atoms. The van der Waals surface area contributed by atoms with E-state index in [1.807, 2.05) is 13.8 Å². The van der Waals surface area contributed by atoms with E-state index in [1.165, 1.54) is 30.4 Å². The number of aryl methyl sites for hydroxylation is 2. The molecule has 2 heterocycles. The summed E-state index contributed by atoms with van der Waals surface area (Å²) in [6, 6.07) is 6.81. The number of rotatable bonds is 2. The molecule has 0 aliphatic heterocycles. The molecule has 4 rings (SSSR count). The maximum absolute atomic E-state index is 12.8. The van der Waals surface area contributed by atoms with E-state index in [-0.39, 0.29) is 11.6 Å². The number of benzene rings is 1. The zero-order valence-corrected chi connectivity index (χ0v) is 14.3.